The highest BCUT2D eigenvalue weighted by molar-refractivity contribution is 5.95. The van der Waals surface area contributed by atoms with Gasteiger partial charge in [0.1, 0.15) is 0 Å². The van der Waals surface area contributed by atoms with E-state index in [0.717, 1.165) is 22.6 Å². The zero-order chi connectivity index (χ0) is 10.2. The van der Waals surface area contributed by atoms with Crippen LogP contribution in [0.1, 0.15) is 28.7 Å². The molecule has 0 aliphatic heterocycles. The van der Waals surface area contributed by atoms with Gasteiger partial charge in [0, 0.05) is 32.3 Å². The lowest BCUT2D eigenvalue weighted by Gasteiger charge is -2.12. The van der Waals surface area contributed by atoms with Crippen LogP contribution in [0.3, 0.4) is 0 Å². The van der Waals surface area contributed by atoms with Crippen molar-refractivity contribution in [3.63, 3.8) is 0 Å². The Morgan fingerprint density at radius 3 is 2.08 bits per heavy atom. The Morgan fingerprint density at radius 2 is 1.85 bits per heavy atom. The number of aromatic amines is 1. The first kappa shape index (κ1) is 9.84. The van der Waals surface area contributed by atoms with Crippen LogP contribution in [0, 0.1) is 13.8 Å². The summed E-state index contributed by atoms with van der Waals surface area (Å²) in [5, 5.41) is 0. The van der Waals surface area contributed by atoms with Crippen LogP contribution in [0.15, 0.2) is 0 Å². The van der Waals surface area contributed by atoms with E-state index in [9.17, 15) is 4.79 Å². The fourth-order valence-corrected chi connectivity index (χ4v) is 1.76. The molecule has 0 atom stereocenters. The highest BCUT2D eigenvalue weighted by atomic mass is 16.1. The number of Topliss-reactive ketones (excluding diaryl/α,β-unsaturated/α-hetero) is 1. The fourth-order valence-electron chi connectivity index (χ4n) is 1.76. The molecule has 0 saturated carbocycles. The van der Waals surface area contributed by atoms with Crippen LogP contribution in [-0.4, -0.2) is 24.9 Å². The van der Waals surface area contributed by atoms with Gasteiger partial charge in [0.25, 0.3) is 0 Å². The minimum atomic E-state index is 0.0914. The van der Waals surface area contributed by atoms with Crippen LogP contribution in [-0.2, 0) is 0 Å². The maximum atomic E-state index is 11.2. The molecule has 0 amide bonds. The molecule has 1 aromatic rings. The second kappa shape index (κ2) is 3.24. The number of ketones is 1. The first-order valence-electron chi connectivity index (χ1n) is 4.32. The van der Waals surface area contributed by atoms with Crippen LogP contribution >= 0.6 is 0 Å². The Kier molecular flexibility index (Phi) is 2.45. The summed E-state index contributed by atoms with van der Waals surface area (Å²) in [7, 11) is 3.96. The SMILES string of the molecule is CC(=O)c1[nH]c(C)c(N(C)C)c1C. The lowest BCUT2D eigenvalue weighted by Crippen LogP contribution is -2.10. The van der Waals surface area contributed by atoms with Gasteiger partial charge in [-0.05, 0) is 13.8 Å². The Labute approximate surface area is 78.8 Å². The number of aryl methyl sites for hydroxylation is 1. The molecule has 0 aliphatic rings. The molecule has 3 heteroatoms. The Bertz CT molecular complexity index is 337. The highest BCUT2D eigenvalue weighted by Crippen LogP contribution is 2.25. The number of hydrogen-bond acceptors (Lipinski definition) is 2. The summed E-state index contributed by atoms with van der Waals surface area (Å²) in [6, 6.07) is 0. The molecule has 72 valence electrons. The highest BCUT2D eigenvalue weighted by Gasteiger charge is 2.14. The molecule has 13 heavy (non-hydrogen) atoms. The van der Waals surface area contributed by atoms with E-state index in [2.05, 4.69) is 4.98 Å². The number of hydrogen-bond donors (Lipinski definition) is 1. The predicted molar refractivity (Wildman–Crippen MR) is 54.6 cm³/mol. The minimum absolute atomic E-state index is 0.0914. The van der Waals surface area contributed by atoms with Crippen molar-refractivity contribution < 1.29 is 4.79 Å². The van der Waals surface area contributed by atoms with Crippen molar-refractivity contribution in [1.82, 2.24) is 4.98 Å². The molecule has 1 aromatic heterocycles. The van der Waals surface area contributed by atoms with Gasteiger partial charge in [0.2, 0.25) is 0 Å². The molecule has 0 saturated heterocycles. The summed E-state index contributed by atoms with van der Waals surface area (Å²) in [5.74, 6) is 0.0914. The van der Waals surface area contributed by atoms with E-state index in [-0.39, 0.29) is 5.78 Å². The average Bonchev–Trinajstić information content (AvgIpc) is 2.26. The standard InChI is InChI=1S/C10H16N2O/c1-6-9(8(3)13)11-7(2)10(6)12(4)5/h11H,1-5H3. The van der Waals surface area contributed by atoms with Crippen molar-refractivity contribution in [2.24, 2.45) is 0 Å². The molecule has 0 spiro atoms. The van der Waals surface area contributed by atoms with Crippen LogP contribution < -0.4 is 4.90 Å². The van der Waals surface area contributed by atoms with Gasteiger partial charge < -0.3 is 9.88 Å². The van der Waals surface area contributed by atoms with E-state index in [0.29, 0.717) is 0 Å². The number of aromatic nitrogens is 1. The molecule has 0 aromatic carbocycles. The summed E-state index contributed by atoms with van der Waals surface area (Å²) in [4.78, 5) is 16.3. The largest absolute Gasteiger partial charge is 0.376 e. The van der Waals surface area contributed by atoms with E-state index in [1.807, 2.05) is 32.8 Å². The maximum Gasteiger partial charge on any atom is 0.176 e. The lowest BCUT2D eigenvalue weighted by molar-refractivity contribution is 0.101. The van der Waals surface area contributed by atoms with Crippen LogP contribution in [0.5, 0.6) is 0 Å². The molecule has 0 unspecified atom stereocenters. The Balaban J connectivity index is 3.30. The monoisotopic (exact) mass is 180 g/mol. The fraction of sp³-hybridized carbons (Fsp3) is 0.500. The molecule has 0 aliphatic carbocycles. The van der Waals surface area contributed by atoms with Gasteiger partial charge in [-0.2, -0.15) is 0 Å². The zero-order valence-corrected chi connectivity index (χ0v) is 8.86. The number of nitrogens with one attached hydrogen (secondary N) is 1. The summed E-state index contributed by atoms with van der Waals surface area (Å²) < 4.78 is 0. The molecule has 0 bridgehead atoms. The number of carbonyl (C=O) groups excluding carboxylic acids is 1. The van der Waals surface area contributed by atoms with Crippen molar-refractivity contribution in [3.8, 4) is 0 Å². The number of anilines is 1. The average molecular weight is 180 g/mol. The van der Waals surface area contributed by atoms with Crippen LogP contribution in [0.25, 0.3) is 0 Å². The first-order chi connectivity index (χ1) is 5.95. The second-order valence-corrected chi connectivity index (χ2v) is 3.55. The second-order valence-electron chi connectivity index (χ2n) is 3.55. The van der Waals surface area contributed by atoms with Gasteiger partial charge >= 0.3 is 0 Å². The third-order valence-electron chi connectivity index (χ3n) is 2.20. The van der Waals surface area contributed by atoms with Crippen molar-refractivity contribution in [1.29, 1.82) is 0 Å². The molecule has 1 heterocycles. The van der Waals surface area contributed by atoms with E-state index < -0.39 is 0 Å². The summed E-state index contributed by atoms with van der Waals surface area (Å²) in [6.07, 6.45) is 0. The van der Waals surface area contributed by atoms with Gasteiger partial charge in [0.15, 0.2) is 5.78 Å². The van der Waals surface area contributed by atoms with Crippen molar-refractivity contribution in [2.45, 2.75) is 20.8 Å². The van der Waals surface area contributed by atoms with Gasteiger partial charge in [-0.15, -0.1) is 0 Å². The summed E-state index contributed by atoms with van der Waals surface area (Å²) in [6.45, 7) is 5.53. The summed E-state index contributed by atoms with van der Waals surface area (Å²) in [5.41, 5.74) is 3.93. The van der Waals surface area contributed by atoms with Crippen molar-refractivity contribution >= 4 is 11.5 Å². The molecular formula is C10H16N2O. The summed E-state index contributed by atoms with van der Waals surface area (Å²) >= 11 is 0. The molecule has 1 N–H and O–H groups in total. The first-order valence-corrected chi connectivity index (χ1v) is 4.32. The van der Waals surface area contributed by atoms with E-state index in [1.165, 1.54) is 0 Å². The van der Waals surface area contributed by atoms with Gasteiger partial charge in [0.05, 0.1) is 11.4 Å². The smallest absolute Gasteiger partial charge is 0.176 e. The van der Waals surface area contributed by atoms with E-state index >= 15 is 0 Å². The van der Waals surface area contributed by atoms with Crippen LogP contribution in [0.4, 0.5) is 5.69 Å². The quantitative estimate of drug-likeness (QED) is 0.706. The Morgan fingerprint density at radius 1 is 1.31 bits per heavy atom. The van der Waals surface area contributed by atoms with Gasteiger partial charge in [-0.1, -0.05) is 0 Å². The minimum Gasteiger partial charge on any atom is -0.376 e. The molecule has 1 rings (SSSR count). The Hall–Kier alpha value is -1.25. The number of nitrogens with zero attached hydrogens (tertiary/aromatic N) is 1. The third-order valence-corrected chi connectivity index (χ3v) is 2.20. The topological polar surface area (TPSA) is 36.1 Å². The lowest BCUT2D eigenvalue weighted by atomic mass is 10.2. The molecule has 0 fully saturated rings. The predicted octanol–water partition coefficient (Wildman–Crippen LogP) is 1.90. The van der Waals surface area contributed by atoms with E-state index in [4.69, 9.17) is 0 Å². The normalized spacial score (nSPS) is 10.2. The van der Waals surface area contributed by atoms with Crippen molar-refractivity contribution in [3.05, 3.63) is 17.0 Å². The number of rotatable bonds is 2. The third kappa shape index (κ3) is 1.59. The number of H-pyrrole nitrogens is 1. The number of carbonyl (C=O) groups is 1. The van der Waals surface area contributed by atoms with Gasteiger partial charge in [-0.3, -0.25) is 4.79 Å². The van der Waals surface area contributed by atoms with Gasteiger partial charge in [-0.25, -0.2) is 0 Å². The van der Waals surface area contributed by atoms with Crippen LogP contribution in [0.2, 0.25) is 0 Å². The molecule has 3 nitrogen and oxygen atoms in total. The molecular weight excluding hydrogens is 164 g/mol. The van der Waals surface area contributed by atoms with E-state index in [1.54, 1.807) is 6.92 Å². The molecule has 0 radical (unpaired) electrons. The maximum absolute atomic E-state index is 11.2. The zero-order valence-electron chi connectivity index (χ0n) is 8.86. The van der Waals surface area contributed by atoms with Crippen molar-refractivity contribution in [2.75, 3.05) is 19.0 Å².